The summed E-state index contributed by atoms with van der Waals surface area (Å²) in [6.45, 7) is 6.68. The molecule has 2 aromatic heterocycles. The van der Waals surface area contributed by atoms with Crippen LogP contribution in [0.1, 0.15) is 20.3 Å². The van der Waals surface area contributed by atoms with Crippen molar-refractivity contribution >= 4 is 11.5 Å². The first-order valence-electron chi connectivity index (χ1n) is 6.13. The number of anilines is 1. The maximum atomic E-state index is 5.49. The lowest BCUT2D eigenvalue weighted by atomic mass is 10.2. The van der Waals surface area contributed by atoms with E-state index in [2.05, 4.69) is 39.8 Å². The zero-order valence-corrected chi connectivity index (χ0v) is 10.7. The Morgan fingerprint density at radius 3 is 3.11 bits per heavy atom. The number of nitrogens with one attached hydrogen (secondary N) is 1. The molecule has 0 spiro atoms. The molecule has 0 fully saturated rings. The van der Waals surface area contributed by atoms with Crippen LogP contribution < -0.4 is 5.32 Å². The molecule has 98 valence electrons. The average molecular weight is 250 g/mol. The van der Waals surface area contributed by atoms with Crippen molar-refractivity contribution < 1.29 is 4.74 Å². The van der Waals surface area contributed by atoms with Gasteiger partial charge in [-0.25, -0.2) is 0 Å². The Kier molecular flexibility index (Phi) is 4.40. The van der Waals surface area contributed by atoms with Crippen LogP contribution in [0.3, 0.4) is 0 Å². The summed E-state index contributed by atoms with van der Waals surface area (Å²) in [5.41, 5.74) is 0.640. The molecule has 7 nitrogen and oxygen atoms in total. The Balaban J connectivity index is 1.70. The van der Waals surface area contributed by atoms with Crippen molar-refractivity contribution in [2.24, 2.45) is 5.92 Å². The van der Waals surface area contributed by atoms with Crippen molar-refractivity contribution in [3.63, 3.8) is 0 Å². The van der Waals surface area contributed by atoms with E-state index in [0.29, 0.717) is 11.6 Å². The average Bonchev–Trinajstić information content (AvgIpc) is 2.80. The first-order valence-corrected chi connectivity index (χ1v) is 6.13. The lowest BCUT2D eigenvalue weighted by Crippen LogP contribution is -2.10. The molecule has 0 bridgehead atoms. The monoisotopic (exact) mass is 250 g/mol. The van der Waals surface area contributed by atoms with Gasteiger partial charge in [-0.2, -0.15) is 0 Å². The van der Waals surface area contributed by atoms with Crippen LogP contribution in [0.4, 0.5) is 5.82 Å². The van der Waals surface area contributed by atoms with Gasteiger partial charge in [0.25, 0.3) is 0 Å². The fourth-order valence-corrected chi connectivity index (χ4v) is 1.45. The minimum atomic E-state index is 0.585. The summed E-state index contributed by atoms with van der Waals surface area (Å²) >= 11 is 0. The maximum Gasteiger partial charge on any atom is 0.200 e. The van der Waals surface area contributed by atoms with Gasteiger partial charge < -0.3 is 10.1 Å². The second kappa shape index (κ2) is 6.25. The minimum absolute atomic E-state index is 0.585. The van der Waals surface area contributed by atoms with Crippen molar-refractivity contribution in [2.75, 3.05) is 25.1 Å². The minimum Gasteiger partial charge on any atom is -0.381 e. The van der Waals surface area contributed by atoms with E-state index in [0.717, 1.165) is 32.0 Å². The third-order valence-electron chi connectivity index (χ3n) is 2.29. The van der Waals surface area contributed by atoms with Crippen LogP contribution in [0, 0.1) is 5.92 Å². The van der Waals surface area contributed by atoms with Gasteiger partial charge in [0, 0.05) is 19.8 Å². The molecular weight excluding hydrogens is 232 g/mol. The summed E-state index contributed by atoms with van der Waals surface area (Å²) in [4.78, 5) is 0. The van der Waals surface area contributed by atoms with E-state index >= 15 is 0 Å². The Labute approximate surface area is 106 Å². The molecule has 2 rings (SSSR count). The third kappa shape index (κ3) is 3.63. The number of hydrogen-bond donors (Lipinski definition) is 1. The summed E-state index contributed by atoms with van der Waals surface area (Å²) in [5.74, 6) is 1.35. The van der Waals surface area contributed by atoms with Crippen LogP contribution in [0.2, 0.25) is 0 Å². The zero-order chi connectivity index (χ0) is 12.8. The van der Waals surface area contributed by atoms with E-state index in [1.807, 2.05) is 12.1 Å². The number of rotatable bonds is 7. The Hall–Kier alpha value is -1.76. The van der Waals surface area contributed by atoms with Gasteiger partial charge in [-0.1, -0.05) is 13.8 Å². The van der Waals surface area contributed by atoms with Crippen molar-refractivity contribution in [3.8, 4) is 0 Å². The maximum absolute atomic E-state index is 5.49. The molecule has 7 heteroatoms. The highest BCUT2D eigenvalue weighted by atomic mass is 16.5. The molecular formula is C11H18N6O. The number of hydrogen-bond acceptors (Lipinski definition) is 6. The van der Waals surface area contributed by atoms with E-state index in [-0.39, 0.29) is 0 Å². The van der Waals surface area contributed by atoms with E-state index in [1.165, 1.54) is 4.63 Å². The molecule has 0 aliphatic rings. The smallest absolute Gasteiger partial charge is 0.200 e. The van der Waals surface area contributed by atoms with Crippen molar-refractivity contribution in [3.05, 3.63) is 12.1 Å². The molecule has 2 aromatic rings. The Morgan fingerprint density at radius 1 is 1.39 bits per heavy atom. The molecule has 1 N–H and O–H groups in total. The van der Waals surface area contributed by atoms with Gasteiger partial charge >= 0.3 is 0 Å². The second-order valence-corrected chi connectivity index (χ2v) is 4.49. The predicted octanol–water partition coefficient (Wildman–Crippen LogP) is 0.994. The van der Waals surface area contributed by atoms with Gasteiger partial charge in [0.15, 0.2) is 5.65 Å². The number of tetrazole rings is 1. The van der Waals surface area contributed by atoms with Gasteiger partial charge in [-0.05, 0) is 34.9 Å². The highest BCUT2D eigenvalue weighted by Gasteiger charge is 2.00. The van der Waals surface area contributed by atoms with Gasteiger partial charge in [0.2, 0.25) is 0 Å². The van der Waals surface area contributed by atoms with Crippen molar-refractivity contribution in [2.45, 2.75) is 20.3 Å². The first-order chi connectivity index (χ1) is 8.75. The Morgan fingerprint density at radius 2 is 2.28 bits per heavy atom. The summed E-state index contributed by atoms with van der Waals surface area (Å²) in [6.07, 6.45) is 0.946. The number of nitrogens with zero attached hydrogens (tertiary/aromatic N) is 5. The van der Waals surface area contributed by atoms with Crippen LogP contribution in [-0.2, 0) is 4.74 Å². The van der Waals surface area contributed by atoms with Crippen LogP contribution in [0.15, 0.2) is 12.1 Å². The normalized spacial score (nSPS) is 11.3. The van der Waals surface area contributed by atoms with E-state index in [4.69, 9.17) is 4.74 Å². The van der Waals surface area contributed by atoms with Gasteiger partial charge in [-0.3, -0.25) is 0 Å². The highest BCUT2D eigenvalue weighted by Crippen LogP contribution is 2.03. The molecule has 0 saturated heterocycles. The predicted molar refractivity (Wildman–Crippen MR) is 67.3 cm³/mol. The standard InChI is InChI=1S/C11H18N6O/c1-9(2)8-18-7-3-6-12-10-4-5-11-13-15-16-17(11)14-10/h4-5,9H,3,6-8H2,1-2H3,(H,12,14). The van der Waals surface area contributed by atoms with E-state index in [9.17, 15) is 0 Å². The van der Waals surface area contributed by atoms with E-state index in [1.54, 1.807) is 0 Å². The Bertz CT molecular complexity index is 483. The first kappa shape index (κ1) is 12.7. The quantitative estimate of drug-likeness (QED) is 0.738. The molecule has 18 heavy (non-hydrogen) atoms. The molecule has 2 heterocycles. The molecule has 0 radical (unpaired) electrons. The molecule has 0 aliphatic heterocycles. The molecule has 0 aliphatic carbocycles. The lowest BCUT2D eigenvalue weighted by Gasteiger charge is -2.07. The SMILES string of the molecule is CC(C)COCCCNc1ccc2nnnn2n1. The molecule has 0 atom stereocenters. The van der Waals surface area contributed by atoms with E-state index < -0.39 is 0 Å². The third-order valence-corrected chi connectivity index (χ3v) is 2.29. The molecule has 0 amide bonds. The molecule has 0 unspecified atom stereocenters. The van der Waals surface area contributed by atoms with Gasteiger partial charge in [0.1, 0.15) is 5.82 Å². The number of fused-ring (bicyclic) bond motifs is 1. The zero-order valence-electron chi connectivity index (χ0n) is 10.7. The van der Waals surface area contributed by atoms with Gasteiger partial charge in [0.05, 0.1) is 0 Å². The fraction of sp³-hybridized carbons (Fsp3) is 0.636. The lowest BCUT2D eigenvalue weighted by molar-refractivity contribution is 0.110. The van der Waals surface area contributed by atoms with Gasteiger partial charge in [-0.15, -0.1) is 14.8 Å². The van der Waals surface area contributed by atoms with Crippen LogP contribution in [0.5, 0.6) is 0 Å². The number of aromatic nitrogens is 5. The second-order valence-electron chi connectivity index (χ2n) is 4.49. The largest absolute Gasteiger partial charge is 0.381 e. The molecule has 0 aromatic carbocycles. The highest BCUT2D eigenvalue weighted by molar-refractivity contribution is 5.41. The van der Waals surface area contributed by atoms with Crippen LogP contribution in [0.25, 0.3) is 5.65 Å². The summed E-state index contributed by atoms with van der Waals surface area (Å²) in [6, 6.07) is 3.69. The summed E-state index contributed by atoms with van der Waals surface area (Å²) < 4.78 is 6.89. The molecule has 0 saturated carbocycles. The van der Waals surface area contributed by atoms with Crippen LogP contribution >= 0.6 is 0 Å². The number of ether oxygens (including phenoxy) is 1. The fourth-order valence-electron chi connectivity index (χ4n) is 1.45. The summed E-state index contributed by atoms with van der Waals surface area (Å²) in [7, 11) is 0. The topological polar surface area (TPSA) is 77.2 Å². The van der Waals surface area contributed by atoms with Crippen molar-refractivity contribution in [1.29, 1.82) is 0 Å². The van der Waals surface area contributed by atoms with Crippen molar-refractivity contribution in [1.82, 2.24) is 25.3 Å². The summed E-state index contributed by atoms with van der Waals surface area (Å²) in [5, 5.41) is 18.5. The van der Waals surface area contributed by atoms with Crippen LogP contribution in [-0.4, -0.2) is 45.0 Å².